The lowest BCUT2D eigenvalue weighted by Crippen LogP contribution is -2.38. The number of rotatable bonds is 4. The molecule has 0 atom stereocenters. The minimum atomic E-state index is -3.56. The summed E-state index contributed by atoms with van der Waals surface area (Å²) in [5.74, 6) is -0.813. The molecule has 1 rings (SSSR count). The van der Waals surface area contributed by atoms with E-state index in [0.29, 0.717) is 0 Å². The van der Waals surface area contributed by atoms with Crippen LogP contribution in [0.4, 0.5) is 0 Å². The highest BCUT2D eigenvalue weighted by Crippen LogP contribution is 2.27. The van der Waals surface area contributed by atoms with E-state index in [-0.39, 0.29) is 10.6 Å². The van der Waals surface area contributed by atoms with Crippen LogP contribution >= 0.6 is 15.9 Å². The summed E-state index contributed by atoms with van der Waals surface area (Å²) in [5.41, 5.74) is -1.76. The first-order valence-corrected chi connectivity index (χ1v) is 9.00. The third-order valence-corrected chi connectivity index (χ3v) is 5.30. The Kier molecular flexibility index (Phi) is 5.26. The number of carbonyl (C=O) groups excluding carboxylic acids is 1. The van der Waals surface area contributed by atoms with E-state index in [4.69, 9.17) is 4.74 Å². The fraction of sp³-hybridized carbons (Fsp3) is 0.533. The Balaban J connectivity index is 2.96. The van der Waals surface area contributed by atoms with Gasteiger partial charge in [0.05, 0.1) is 16.1 Å². The van der Waals surface area contributed by atoms with Crippen molar-refractivity contribution in [1.82, 2.24) is 0 Å². The molecule has 0 saturated heterocycles. The monoisotopic (exact) mass is 376 g/mol. The van der Waals surface area contributed by atoms with E-state index in [0.717, 1.165) is 4.47 Å². The summed E-state index contributed by atoms with van der Waals surface area (Å²) >= 11 is 3.26. The van der Waals surface area contributed by atoms with Crippen molar-refractivity contribution in [3.05, 3.63) is 28.7 Å². The molecule has 0 fully saturated rings. The maximum absolute atomic E-state index is 12.4. The molecule has 0 unspecified atom stereocenters. The minimum Gasteiger partial charge on any atom is -0.460 e. The molecular formula is C15H21BrO4S. The first-order valence-electron chi connectivity index (χ1n) is 6.55. The third kappa shape index (κ3) is 5.43. The number of benzene rings is 1. The number of esters is 1. The zero-order valence-corrected chi connectivity index (χ0v) is 15.3. The van der Waals surface area contributed by atoms with Gasteiger partial charge < -0.3 is 4.74 Å². The fourth-order valence-corrected chi connectivity index (χ4v) is 3.73. The molecule has 6 heteroatoms. The van der Waals surface area contributed by atoms with E-state index >= 15 is 0 Å². The number of carbonyl (C=O) groups is 1. The van der Waals surface area contributed by atoms with Gasteiger partial charge in [0.15, 0.2) is 9.84 Å². The Hall–Kier alpha value is -0.880. The standard InChI is InChI=1S/C15H21BrO4S/c1-14(2,3)20-13(17)15(4,5)10-21(18,19)12-8-6-11(16)7-9-12/h6-9H,10H2,1-5H3. The lowest BCUT2D eigenvalue weighted by atomic mass is 9.96. The van der Waals surface area contributed by atoms with Gasteiger partial charge in [0.25, 0.3) is 0 Å². The predicted molar refractivity (Wildman–Crippen MR) is 85.8 cm³/mol. The second-order valence-electron chi connectivity index (χ2n) is 6.60. The second kappa shape index (κ2) is 6.08. The normalized spacial score (nSPS) is 13.0. The first kappa shape index (κ1) is 18.2. The van der Waals surface area contributed by atoms with Crippen molar-refractivity contribution < 1.29 is 17.9 Å². The first-order chi connectivity index (χ1) is 9.33. The molecule has 118 valence electrons. The molecule has 0 spiro atoms. The van der Waals surface area contributed by atoms with Crippen LogP contribution in [0.25, 0.3) is 0 Å². The minimum absolute atomic E-state index is 0.197. The van der Waals surface area contributed by atoms with Gasteiger partial charge in [0.1, 0.15) is 5.60 Å². The zero-order valence-electron chi connectivity index (χ0n) is 12.9. The molecule has 0 N–H and O–H groups in total. The van der Waals surface area contributed by atoms with Crippen molar-refractivity contribution in [1.29, 1.82) is 0 Å². The molecule has 0 aromatic heterocycles. The summed E-state index contributed by atoms with van der Waals surface area (Å²) in [6.45, 7) is 8.42. The summed E-state index contributed by atoms with van der Waals surface area (Å²) in [7, 11) is -3.56. The van der Waals surface area contributed by atoms with Crippen molar-refractivity contribution in [2.75, 3.05) is 5.75 Å². The van der Waals surface area contributed by atoms with Crippen molar-refractivity contribution in [3.8, 4) is 0 Å². The van der Waals surface area contributed by atoms with Crippen LogP contribution in [-0.4, -0.2) is 25.7 Å². The van der Waals surface area contributed by atoms with E-state index in [1.807, 2.05) is 0 Å². The van der Waals surface area contributed by atoms with Crippen LogP contribution in [0, 0.1) is 5.41 Å². The summed E-state index contributed by atoms with van der Waals surface area (Å²) in [6.07, 6.45) is 0. The Labute approximate surface area is 134 Å². The smallest absolute Gasteiger partial charge is 0.313 e. The van der Waals surface area contributed by atoms with Gasteiger partial charge in [-0.05, 0) is 58.9 Å². The van der Waals surface area contributed by atoms with E-state index in [9.17, 15) is 13.2 Å². The lowest BCUT2D eigenvalue weighted by molar-refractivity contribution is -0.164. The van der Waals surface area contributed by atoms with Gasteiger partial charge >= 0.3 is 5.97 Å². The van der Waals surface area contributed by atoms with Crippen molar-refractivity contribution in [2.45, 2.75) is 45.1 Å². The maximum atomic E-state index is 12.4. The Morgan fingerprint density at radius 2 is 1.57 bits per heavy atom. The van der Waals surface area contributed by atoms with E-state index < -0.39 is 26.8 Å². The maximum Gasteiger partial charge on any atom is 0.313 e. The molecule has 0 heterocycles. The Morgan fingerprint density at radius 3 is 2.00 bits per heavy atom. The molecule has 0 aliphatic carbocycles. The number of sulfone groups is 1. The predicted octanol–water partition coefficient (Wildman–Crippen LogP) is 3.59. The van der Waals surface area contributed by atoms with Gasteiger partial charge in [-0.1, -0.05) is 15.9 Å². The van der Waals surface area contributed by atoms with Crippen LogP contribution in [0.2, 0.25) is 0 Å². The third-order valence-electron chi connectivity index (χ3n) is 2.68. The van der Waals surface area contributed by atoms with Gasteiger partial charge in [0.2, 0.25) is 0 Å². The molecule has 21 heavy (non-hydrogen) atoms. The highest BCUT2D eigenvalue weighted by atomic mass is 79.9. The number of hydrogen-bond donors (Lipinski definition) is 0. The molecule has 4 nitrogen and oxygen atoms in total. The fourth-order valence-electron chi connectivity index (χ4n) is 1.68. The van der Waals surface area contributed by atoms with Gasteiger partial charge in [-0.15, -0.1) is 0 Å². The van der Waals surface area contributed by atoms with Gasteiger partial charge in [0, 0.05) is 4.47 Å². The molecule has 0 radical (unpaired) electrons. The largest absolute Gasteiger partial charge is 0.460 e. The summed E-state index contributed by atoms with van der Waals surface area (Å²) in [6, 6.07) is 6.36. The van der Waals surface area contributed by atoms with Gasteiger partial charge in [-0.2, -0.15) is 0 Å². The number of ether oxygens (including phenoxy) is 1. The van der Waals surface area contributed by atoms with Crippen LogP contribution in [-0.2, 0) is 19.4 Å². The van der Waals surface area contributed by atoms with Crippen molar-refractivity contribution in [2.24, 2.45) is 5.41 Å². The van der Waals surface area contributed by atoms with Gasteiger partial charge in [-0.3, -0.25) is 4.79 Å². The van der Waals surface area contributed by atoms with E-state index in [1.54, 1.807) is 46.8 Å². The molecular weight excluding hydrogens is 356 g/mol. The number of hydrogen-bond acceptors (Lipinski definition) is 4. The molecule has 0 aliphatic rings. The summed E-state index contributed by atoms with van der Waals surface area (Å²) < 4.78 is 30.9. The highest BCUT2D eigenvalue weighted by molar-refractivity contribution is 9.10. The molecule has 0 saturated carbocycles. The summed E-state index contributed by atoms with van der Waals surface area (Å²) in [5, 5.41) is 0. The van der Waals surface area contributed by atoms with Crippen LogP contribution in [0.3, 0.4) is 0 Å². The van der Waals surface area contributed by atoms with Crippen molar-refractivity contribution >= 4 is 31.7 Å². The SMILES string of the molecule is CC(C)(C)OC(=O)C(C)(C)CS(=O)(=O)c1ccc(Br)cc1. The van der Waals surface area contributed by atoms with Gasteiger partial charge in [-0.25, -0.2) is 8.42 Å². The second-order valence-corrected chi connectivity index (χ2v) is 9.50. The quantitative estimate of drug-likeness (QED) is 0.753. The average Bonchev–Trinajstić information content (AvgIpc) is 2.25. The Bertz CT molecular complexity index is 610. The molecule has 0 bridgehead atoms. The molecule has 0 aliphatic heterocycles. The Morgan fingerprint density at radius 1 is 1.10 bits per heavy atom. The molecule has 1 aromatic carbocycles. The van der Waals surface area contributed by atoms with E-state index in [1.165, 1.54) is 12.1 Å². The van der Waals surface area contributed by atoms with Crippen LogP contribution in [0.1, 0.15) is 34.6 Å². The van der Waals surface area contributed by atoms with Crippen LogP contribution in [0.15, 0.2) is 33.6 Å². The number of halogens is 1. The van der Waals surface area contributed by atoms with Crippen LogP contribution < -0.4 is 0 Å². The molecule has 0 amide bonds. The topological polar surface area (TPSA) is 60.4 Å². The summed E-state index contributed by atoms with van der Waals surface area (Å²) in [4.78, 5) is 12.3. The molecule has 1 aromatic rings. The zero-order chi connectivity index (χ0) is 16.5. The van der Waals surface area contributed by atoms with Crippen molar-refractivity contribution in [3.63, 3.8) is 0 Å². The van der Waals surface area contributed by atoms with E-state index in [2.05, 4.69) is 15.9 Å². The average molecular weight is 377 g/mol. The highest BCUT2D eigenvalue weighted by Gasteiger charge is 2.37. The van der Waals surface area contributed by atoms with Crippen LogP contribution in [0.5, 0.6) is 0 Å². The lowest BCUT2D eigenvalue weighted by Gasteiger charge is -2.28.